The van der Waals surface area contributed by atoms with Crippen molar-refractivity contribution in [3.05, 3.63) is 54.1 Å². The average Bonchev–Trinajstić information content (AvgIpc) is 3.04. The third-order valence-corrected chi connectivity index (χ3v) is 4.66. The number of hydrogen-bond donors (Lipinski definition) is 2. The van der Waals surface area contributed by atoms with Gasteiger partial charge in [0.25, 0.3) is 0 Å². The molecule has 0 atom stereocenters. The first-order chi connectivity index (χ1) is 11.1. The SMILES string of the molecule is OC1(c2cccnc2)CCC(NCc2cccn2C(F)F)CC1. The molecule has 2 heterocycles. The third-order valence-electron chi connectivity index (χ3n) is 4.66. The Morgan fingerprint density at radius 3 is 2.74 bits per heavy atom. The normalized spacial score (nSPS) is 25.0. The van der Waals surface area contributed by atoms with Crippen LogP contribution < -0.4 is 5.32 Å². The summed E-state index contributed by atoms with van der Waals surface area (Å²) in [4.78, 5) is 4.07. The second-order valence-corrected chi connectivity index (χ2v) is 6.11. The number of hydrogen-bond acceptors (Lipinski definition) is 3. The van der Waals surface area contributed by atoms with Crippen molar-refractivity contribution in [1.82, 2.24) is 14.9 Å². The molecule has 1 fully saturated rings. The first-order valence-electron chi connectivity index (χ1n) is 7.89. The van der Waals surface area contributed by atoms with Gasteiger partial charge in [0.05, 0.1) is 5.60 Å². The minimum absolute atomic E-state index is 0.230. The van der Waals surface area contributed by atoms with Crippen LogP contribution in [0.1, 0.15) is 43.5 Å². The lowest BCUT2D eigenvalue weighted by atomic mass is 9.78. The van der Waals surface area contributed by atoms with Crippen LogP contribution in [0.4, 0.5) is 8.78 Å². The Labute approximate surface area is 134 Å². The second-order valence-electron chi connectivity index (χ2n) is 6.11. The maximum absolute atomic E-state index is 12.8. The molecule has 6 heteroatoms. The molecule has 4 nitrogen and oxygen atoms in total. The quantitative estimate of drug-likeness (QED) is 0.889. The van der Waals surface area contributed by atoms with E-state index in [0.717, 1.165) is 23.0 Å². The molecular formula is C17H21F2N3O. The highest BCUT2D eigenvalue weighted by Crippen LogP contribution is 2.36. The molecule has 0 bridgehead atoms. The molecule has 124 valence electrons. The predicted molar refractivity (Wildman–Crippen MR) is 82.9 cm³/mol. The summed E-state index contributed by atoms with van der Waals surface area (Å²) in [5.74, 6) is 0. The topological polar surface area (TPSA) is 50.1 Å². The van der Waals surface area contributed by atoms with Crippen molar-refractivity contribution in [2.75, 3.05) is 0 Å². The number of pyridine rings is 1. The number of halogens is 2. The molecule has 0 unspecified atom stereocenters. The number of aromatic nitrogens is 2. The van der Waals surface area contributed by atoms with Crippen molar-refractivity contribution in [2.45, 2.75) is 50.4 Å². The summed E-state index contributed by atoms with van der Waals surface area (Å²) in [6.07, 6.45) is 7.70. The van der Waals surface area contributed by atoms with E-state index >= 15 is 0 Å². The van der Waals surface area contributed by atoms with Gasteiger partial charge in [-0.3, -0.25) is 9.55 Å². The fraction of sp³-hybridized carbons (Fsp3) is 0.471. The van der Waals surface area contributed by atoms with E-state index in [0.29, 0.717) is 25.1 Å². The minimum Gasteiger partial charge on any atom is -0.385 e. The van der Waals surface area contributed by atoms with Gasteiger partial charge in [-0.15, -0.1) is 0 Å². The molecule has 0 aliphatic heterocycles. The van der Waals surface area contributed by atoms with Gasteiger partial charge in [0.2, 0.25) is 0 Å². The van der Waals surface area contributed by atoms with E-state index in [2.05, 4.69) is 10.3 Å². The molecule has 1 aliphatic carbocycles. The Balaban J connectivity index is 1.54. The lowest BCUT2D eigenvalue weighted by Crippen LogP contribution is -2.39. The van der Waals surface area contributed by atoms with Gasteiger partial charge in [-0.05, 0) is 43.9 Å². The molecule has 2 aromatic rings. The van der Waals surface area contributed by atoms with Crippen LogP contribution in [0.2, 0.25) is 0 Å². The minimum atomic E-state index is -2.51. The lowest BCUT2D eigenvalue weighted by Gasteiger charge is -2.36. The molecule has 2 N–H and O–H groups in total. The van der Waals surface area contributed by atoms with Crippen LogP contribution in [-0.4, -0.2) is 20.7 Å². The highest BCUT2D eigenvalue weighted by atomic mass is 19.3. The zero-order chi connectivity index (χ0) is 16.3. The van der Waals surface area contributed by atoms with E-state index in [1.54, 1.807) is 24.5 Å². The lowest BCUT2D eigenvalue weighted by molar-refractivity contribution is -0.00889. The standard InChI is InChI=1S/C17H21F2N3O/c18-16(19)22-10-2-4-15(22)12-21-14-5-7-17(23,8-6-14)13-3-1-9-20-11-13/h1-4,9-11,14,16,21,23H,5-8,12H2. The van der Waals surface area contributed by atoms with E-state index in [1.165, 1.54) is 6.20 Å². The van der Waals surface area contributed by atoms with Gasteiger partial charge >= 0.3 is 6.55 Å². The van der Waals surface area contributed by atoms with Gasteiger partial charge in [0, 0.05) is 42.4 Å². The van der Waals surface area contributed by atoms with Gasteiger partial charge in [-0.2, -0.15) is 8.78 Å². The summed E-state index contributed by atoms with van der Waals surface area (Å²) in [5, 5.41) is 14.1. The van der Waals surface area contributed by atoms with Crippen molar-refractivity contribution in [2.24, 2.45) is 0 Å². The van der Waals surface area contributed by atoms with E-state index < -0.39 is 12.2 Å². The van der Waals surface area contributed by atoms with E-state index in [4.69, 9.17) is 0 Å². The zero-order valence-corrected chi connectivity index (χ0v) is 12.8. The smallest absolute Gasteiger partial charge is 0.318 e. The first-order valence-corrected chi connectivity index (χ1v) is 7.89. The summed E-state index contributed by atoms with van der Waals surface area (Å²) in [6, 6.07) is 7.29. The summed E-state index contributed by atoms with van der Waals surface area (Å²) in [7, 11) is 0. The van der Waals surface area contributed by atoms with Crippen LogP contribution in [0.5, 0.6) is 0 Å². The van der Waals surface area contributed by atoms with E-state index in [9.17, 15) is 13.9 Å². The predicted octanol–water partition coefficient (Wildman–Crippen LogP) is 3.20. The number of nitrogens with one attached hydrogen (secondary N) is 1. The van der Waals surface area contributed by atoms with Crippen LogP contribution in [0.3, 0.4) is 0 Å². The van der Waals surface area contributed by atoms with Gasteiger partial charge in [-0.1, -0.05) is 6.07 Å². The summed E-state index contributed by atoms with van der Waals surface area (Å²) < 4.78 is 26.6. The van der Waals surface area contributed by atoms with Crippen LogP contribution >= 0.6 is 0 Å². The van der Waals surface area contributed by atoms with Crippen LogP contribution in [-0.2, 0) is 12.1 Å². The Kier molecular flexibility index (Phi) is 4.73. The van der Waals surface area contributed by atoms with Crippen LogP contribution in [0.25, 0.3) is 0 Å². The maximum atomic E-state index is 12.8. The fourth-order valence-electron chi connectivity index (χ4n) is 3.24. The summed E-state index contributed by atoms with van der Waals surface area (Å²) >= 11 is 0. The van der Waals surface area contributed by atoms with Gasteiger partial charge < -0.3 is 10.4 Å². The molecule has 1 saturated carbocycles. The summed E-state index contributed by atoms with van der Waals surface area (Å²) in [5.41, 5.74) is 0.605. The van der Waals surface area contributed by atoms with Gasteiger partial charge in [-0.25, -0.2) is 0 Å². The number of nitrogens with zero attached hydrogens (tertiary/aromatic N) is 2. The molecule has 0 aromatic carbocycles. The zero-order valence-electron chi connectivity index (χ0n) is 12.8. The fourth-order valence-corrected chi connectivity index (χ4v) is 3.24. The van der Waals surface area contributed by atoms with Crippen molar-refractivity contribution in [3.8, 4) is 0 Å². The molecule has 0 saturated heterocycles. The Bertz CT molecular complexity index is 622. The average molecular weight is 321 g/mol. The molecule has 23 heavy (non-hydrogen) atoms. The molecule has 1 aliphatic rings. The van der Waals surface area contributed by atoms with Crippen LogP contribution in [0.15, 0.2) is 42.9 Å². The van der Waals surface area contributed by atoms with Crippen molar-refractivity contribution >= 4 is 0 Å². The van der Waals surface area contributed by atoms with Crippen molar-refractivity contribution < 1.29 is 13.9 Å². The molecule has 0 radical (unpaired) electrons. The third kappa shape index (κ3) is 3.59. The highest BCUT2D eigenvalue weighted by Gasteiger charge is 2.34. The number of aliphatic hydroxyl groups is 1. The Morgan fingerprint density at radius 2 is 2.09 bits per heavy atom. The second kappa shape index (κ2) is 6.76. The molecule has 0 amide bonds. The molecule has 3 rings (SSSR count). The van der Waals surface area contributed by atoms with Gasteiger partial charge in [0.1, 0.15) is 0 Å². The highest BCUT2D eigenvalue weighted by molar-refractivity contribution is 5.19. The Morgan fingerprint density at radius 1 is 1.30 bits per heavy atom. The molecule has 2 aromatic heterocycles. The Hall–Kier alpha value is -1.79. The van der Waals surface area contributed by atoms with Crippen molar-refractivity contribution in [1.29, 1.82) is 0 Å². The number of rotatable bonds is 5. The van der Waals surface area contributed by atoms with Gasteiger partial charge in [0.15, 0.2) is 0 Å². The molecule has 0 spiro atoms. The van der Waals surface area contributed by atoms with E-state index in [-0.39, 0.29) is 6.04 Å². The maximum Gasteiger partial charge on any atom is 0.318 e. The summed E-state index contributed by atoms with van der Waals surface area (Å²) in [6.45, 7) is -2.10. The van der Waals surface area contributed by atoms with Crippen molar-refractivity contribution in [3.63, 3.8) is 0 Å². The monoisotopic (exact) mass is 321 g/mol. The first kappa shape index (κ1) is 16.1. The molecular weight excluding hydrogens is 300 g/mol. The van der Waals surface area contributed by atoms with Crippen LogP contribution in [0, 0.1) is 0 Å². The largest absolute Gasteiger partial charge is 0.385 e. The van der Waals surface area contributed by atoms with E-state index in [1.807, 2.05) is 12.1 Å². The number of alkyl halides is 2.